The van der Waals surface area contributed by atoms with Gasteiger partial charge in [0.2, 0.25) is 0 Å². The van der Waals surface area contributed by atoms with Crippen molar-refractivity contribution in [1.29, 1.82) is 0 Å². The van der Waals surface area contributed by atoms with Crippen LogP contribution in [-0.2, 0) is 6.54 Å². The predicted octanol–water partition coefficient (Wildman–Crippen LogP) is 2.00. The van der Waals surface area contributed by atoms with Gasteiger partial charge in [0.1, 0.15) is 0 Å². The number of fused-ring (bicyclic) bond motifs is 1. The van der Waals surface area contributed by atoms with Gasteiger partial charge in [0.05, 0.1) is 0 Å². The van der Waals surface area contributed by atoms with Crippen LogP contribution in [0.25, 0.3) is 10.9 Å². The van der Waals surface area contributed by atoms with Gasteiger partial charge in [-0.05, 0) is 30.5 Å². The monoisotopic (exact) mass is 201 g/mol. The lowest BCUT2D eigenvalue weighted by molar-refractivity contribution is 0.691. The van der Waals surface area contributed by atoms with Crippen molar-refractivity contribution >= 4 is 16.6 Å². The normalized spacial score (nSPS) is 16.0. The molecule has 1 heterocycles. The fourth-order valence-corrected chi connectivity index (χ4v) is 1.89. The van der Waals surface area contributed by atoms with Crippen LogP contribution in [0.3, 0.4) is 0 Å². The second kappa shape index (κ2) is 3.28. The zero-order chi connectivity index (χ0) is 10.3. The largest absolute Gasteiger partial charge is 0.399 e. The van der Waals surface area contributed by atoms with Crippen LogP contribution in [0.15, 0.2) is 24.4 Å². The molecule has 2 aromatic rings. The molecule has 1 saturated carbocycles. The van der Waals surface area contributed by atoms with Gasteiger partial charge in [0, 0.05) is 35.4 Å². The lowest BCUT2D eigenvalue weighted by atomic mass is 10.1. The van der Waals surface area contributed by atoms with Crippen molar-refractivity contribution in [3.05, 3.63) is 30.0 Å². The van der Waals surface area contributed by atoms with Crippen LogP contribution in [0.1, 0.15) is 18.4 Å². The van der Waals surface area contributed by atoms with Gasteiger partial charge in [0.25, 0.3) is 0 Å². The first-order chi connectivity index (χ1) is 7.33. The zero-order valence-electron chi connectivity index (χ0n) is 8.59. The van der Waals surface area contributed by atoms with Crippen LogP contribution in [0.4, 0.5) is 5.69 Å². The summed E-state index contributed by atoms with van der Waals surface area (Å²) in [6.07, 6.45) is 4.73. The van der Waals surface area contributed by atoms with E-state index in [1.807, 2.05) is 12.1 Å². The van der Waals surface area contributed by atoms with E-state index in [0.29, 0.717) is 0 Å². The summed E-state index contributed by atoms with van der Waals surface area (Å²) in [5.74, 6) is 0. The number of rotatable bonds is 3. The Hall–Kier alpha value is -1.48. The van der Waals surface area contributed by atoms with Crippen molar-refractivity contribution in [3.63, 3.8) is 0 Å². The van der Waals surface area contributed by atoms with Gasteiger partial charge in [-0.25, -0.2) is 0 Å². The van der Waals surface area contributed by atoms with Crippen molar-refractivity contribution < 1.29 is 0 Å². The van der Waals surface area contributed by atoms with E-state index in [4.69, 9.17) is 5.73 Å². The van der Waals surface area contributed by atoms with Gasteiger partial charge in [-0.15, -0.1) is 0 Å². The summed E-state index contributed by atoms with van der Waals surface area (Å²) in [6, 6.07) is 6.78. The predicted molar refractivity (Wildman–Crippen MR) is 62.6 cm³/mol. The van der Waals surface area contributed by atoms with E-state index in [-0.39, 0.29) is 0 Å². The third-order valence-corrected chi connectivity index (χ3v) is 2.95. The molecule has 4 N–H and O–H groups in total. The first-order valence-electron chi connectivity index (χ1n) is 5.42. The highest BCUT2D eigenvalue weighted by Gasteiger charge is 2.20. The minimum Gasteiger partial charge on any atom is -0.399 e. The molecule has 0 aliphatic heterocycles. The number of benzene rings is 1. The molecule has 1 fully saturated rings. The molecule has 1 aromatic carbocycles. The summed E-state index contributed by atoms with van der Waals surface area (Å²) in [7, 11) is 0. The fraction of sp³-hybridized carbons (Fsp3) is 0.333. The van der Waals surface area contributed by atoms with Crippen LogP contribution in [-0.4, -0.2) is 11.0 Å². The molecule has 15 heavy (non-hydrogen) atoms. The Bertz CT molecular complexity index is 483. The Morgan fingerprint density at radius 3 is 3.07 bits per heavy atom. The van der Waals surface area contributed by atoms with Crippen molar-refractivity contribution in [1.82, 2.24) is 10.3 Å². The third kappa shape index (κ3) is 1.70. The van der Waals surface area contributed by atoms with Gasteiger partial charge in [-0.1, -0.05) is 6.07 Å². The molecule has 0 unspecified atom stereocenters. The maximum absolute atomic E-state index is 5.73. The minimum atomic E-state index is 0.753. The van der Waals surface area contributed by atoms with Crippen LogP contribution >= 0.6 is 0 Å². The third-order valence-electron chi connectivity index (χ3n) is 2.95. The van der Waals surface area contributed by atoms with Gasteiger partial charge >= 0.3 is 0 Å². The van der Waals surface area contributed by atoms with E-state index < -0.39 is 0 Å². The quantitative estimate of drug-likeness (QED) is 0.665. The molecule has 0 spiro atoms. The van der Waals surface area contributed by atoms with E-state index in [9.17, 15) is 0 Å². The average molecular weight is 201 g/mol. The van der Waals surface area contributed by atoms with Crippen LogP contribution in [0, 0.1) is 0 Å². The molecule has 0 radical (unpaired) electrons. The van der Waals surface area contributed by atoms with Crippen molar-refractivity contribution in [2.45, 2.75) is 25.4 Å². The molecule has 3 rings (SSSR count). The highest BCUT2D eigenvalue weighted by Crippen LogP contribution is 2.23. The highest BCUT2D eigenvalue weighted by atomic mass is 14.9. The van der Waals surface area contributed by atoms with Crippen LogP contribution in [0.5, 0.6) is 0 Å². The number of hydrogen-bond acceptors (Lipinski definition) is 2. The van der Waals surface area contributed by atoms with E-state index in [1.165, 1.54) is 23.8 Å². The Labute approximate surface area is 88.7 Å². The zero-order valence-corrected chi connectivity index (χ0v) is 8.59. The van der Waals surface area contributed by atoms with E-state index in [1.54, 1.807) is 0 Å². The molecular weight excluding hydrogens is 186 g/mol. The standard InChI is InChI=1S/C12H15N3/c13-9-1-4-11-8(6-14-10-2-3-10)7-15-12(11)5-9/h1,4-5,7,10,14-15H,2-3,6,13H2. The maximum Gasteiger partial charge on any atom is 0.0477 e. The molecule has 1 aliphatic carbocycles. The Morgan fingerprint density at radius 2 is 2.27 bits per heavy atom. The summed E-state index contributed by atoms with van der Waals surface area (Å²) < 4.78 is 0. The second-order valence-electron chi connectivity index (χ2n) is 4.27. The van der Waals surface area contributed by atoms with E-state index >= 15 is 0 Å². The van der Waals surface area contributed by atoms with Crippen molar-refractivity contribution in [2.24, 2.45) is 0 Å². The number of nitrogen functional groups attached to an aromatic ring is 1. The number of H-pyrrole nitrogens is 1. The van der Waals surface area contributed by atoms with Crippen molar-refractivity contribution in [3.8, 4) is 0 Å². The average Bonchev–Trinajstić information content (AvgIpc) is 2.97. The van der Waals surface area contributed by atoms with Gasteiger partial charge in [0.15, 0.2) is 0 Å². The van der Waals surface area contributed by atoms with Gasteiger partial charge in [-0.3, -0.25) is 0 Å². The number of hydrogen-bond donors (Lipinski definition) is 3. The number of nitrogens with one attached hydrogen (secondary N) is 2. The van der Waals surface area contributed by atoms with Gasteiger partial charge < -0.3 is 16.0 Å². The molecule has 0 saturated heterocycles. The molecule has 0 amide bonds. The molecule has 3 nitrogen and oxygen atoms in total. The number of anilines is 1. The summed E-state index contributed by atoms with van der Waals surface area (Å²) in [5.41, 5.74) is 9.00. The lowest BCUT2D eigenvalue weighted by Crippen LogP contribution is -2.14. The first-order valence-corrected chi connectivity index (χ1v) is 5.42. The smallest absolute Gasteiger partial charge is 0.0477 e. The SMILES string of the molecule is Nc1ccc2c(CNC3CC3)c[nH]c2c1. The molecule has 0 bridgehead atoms. The molecule has 78 valence electrons. The maximum atomic E-state index is 5.73. The summed E-state index contributed by atoms with van der Waals surface area (Å²) in [6.45, 7) is 0.953. The van der Waals surface area contributed by atoms with E-state index in [0.717, 1.165) is 23.8 Å². The van der Waals surface area contributed by atoms with Crippen LogP contribution in [0.2, 0.25) is 0 Å². The molecule has 0 atom stereocenters. The molecular formula is C12H15N3. The Morgan fingerprint density at radius 1 is 1.40 bits per heavy atom. The molecule has 1 aromatic heterocycles. The summed E-state index contributed by atoms with van der Waals surface area (Å²) >= 11 is 0. The minimum absolute atomic E-state index is 0.753. The summed E-state index contributed by atoms with van der Waals surface area (Å²) in [4.78, 5) is 3.25. The molecule has 1 aliphatic rings. The topological polar surface area (TPSA) is 53.8 Å². The van der Waals surface area contributed by atoms with Gasteiger partial charge in [-0.2, -0.15) is 0 Å². The van der Waals surface area contributed by atoms with E-state index in [2.05, 4.69) is 22.6 Å². The number of nitrogens with two attached hydrogens (primary N) is 1. The number of aromatic nitrogens is 1. The first kappa shape index (κ1) is 8.80. The second-order valence-corrected chi connectivity index (χ2v) is 4.27. The van der Waals surface area contributed by atoms with Crippen molar-refractivity contribution in [2.75, 3.05) is 5.73 Å². The fourth-order valence-electron chi connectivity index (χ4n) is 1.89. The van der Waals surface area contributed by atoms with Crippen LogP contribution < -0.4 is 11.1 Å². The number of aromatic amines is 1. The highest BCUT2D eigenvalue weighted by molar-refractivity contribution is 5.85. The Balaban J connectivity index is 1.89. The summed E-state index contributed by atoms with van der Waals surface area (Å²) in [5, 5.41) is 4.79. The Kier molecular flexibility index (Phi) is 1.92. The lowest BCUT2D eigenvalue weighted by Gasteiger charge is -2.01. The molecule has 3 heteroatoms.